The Labute approximate surface area is 119 Å². The number of fused-ring (bicyclic) bond motifs is 5. The van der Waals surface area contributed by atoms with Crippen LogP contribution in [-0.4, -0.2) is 34.7 Å². The molecule has 0 bridgehead atoms. The van der Waals surface area contributed by atoms with E-state index < -0.39 is 0 Å². The molecule has 2 atom stereocenters. The second-order valence-electron chi connectivity index (χ2n) is 6.43. The highest BCUT2D eigenvalue weighted by atomic mass is 16.3. The third-order valence-electron chi connectivity index (χ3n) is 5.60. The van der Waals surface area contributed by atoms with Crippen molar-refractivity contribution in [1.82, 2.24) is 9.88 Å². The van der Waals surface area contributed by atoms with E-state index in [-0.39, 0.29) is 12.1 Å². The van der Waals surface area contributed by atoms with Crippen molar-refractivity contribution in [3.05, 3.63) is 35.5 Å². The number of nitrogens with zero attached hydrogens (tertiary/aromatic N) is 1. The maximum atomic E-state index is 9.86. The minimum absolute atomic E-state index is 0.0282. The molecule has 2 unspecified atom stereocenters. The summed E-state index contributed by atoms with van der Waals surface area (Å²) in [6.45, 7) is 4.87. The van der Waals surface area contributed by atoms with Gasteiger partial charge in [0.25, 0.3) is 0 Å². The summed E-state index contributed by atoms with van der Waals surface area (Å²) in [5, 5.41) is 11.2. The molecule has 106 valence electrons. The molecule has 2 aliphatic heterocycles. The van der Waals surface area contributed by atoms with Crippen molar-refractivity contribution in [2.75, 3.05) is 19.7 Å². The van der Waals surface area contributed by atoms with E-state index in [2.05, 4.69) is 41.1 Å². The van der Waals surface area contributed by atoms with Crippen LogP contribution in [0.3, 0.4) is 0 Å². The first-order valence-corrected chi connectivity index (χ1v) is 7.71. The number of aromatic nitrogens is 1. The first-order valence-electron chi connectivity index (χ1n) is 7.71. The molecule has 2 aliphatic rings. The van der Waals surface area contributed by atoms with Gasteiger partial charge in [-0.2, -0.15) is 0 Å². The Morgan fingerprint density at radius 2 is 2.20 bits per heavy atom. The molecule has 0 aliphatic carbocycles. The van der Waals surface area contributed by atoms with Crippen LogP contribution in [0.4, 0.5) is 0 Å². The van der Waals surface area contributed by atoms with Gasteiger partial charge in [-0.3, -0.25) is 4.90 Å². The Morgan fingerprint density at radius 3 is 3.05 bits per heavy atom. The van der Waals surface area contributed by atoms with Gasteiger partial charge in [0.2, 0.25) is 0 Å². The molecule has 1 aromatic heterocycles. The molecule has 1 saturated heterocycles. The molecule has 3 heteroatoms. The number of H-pyrrole nitrogens is 1. The summed E-state index contributed by atoms with van der Waals surface area (Å²) < 4.78 is 0. The molecule has 3 nitrogen and oxygen atoms in total. The number of benzene rings is 1. The Morgan fingerprint density at radius 1 is 1.35 bits per heavy atom. The summed E-state index contributed by atoms with van der Waals surface area (Å²) >= 11 is 0. The van der Waals surface area contributed by atoms with Crippen LogP contribution in [-0.2, 0) is 12.0 Å². The van der Waals surface area contributed by atoms with E-state index in [9.17, 15) is 5.11 Å². The molecule has 4 rings (SSSR count). The van der Waals surface area contributed by atoms with E-state index in [4.69, 9.17) is 0 Å². The highest BCUT2D eigenvalue weighted by Gasteiger charge is 2.47. The van der Waals surface area contributed by atoms with E-state index in [1.165, 1.54) is 28.6 Å². The fourth-order valence-corrected chi connectivity index (χ4v) is 4.41. The number of nitrogens with one attached hydrogen (secondary N) is 1. The van der Waals surface area contributed by atoms with Crippen LogP contribution in [0.1, 0.15) is 31.0 Å². The third kappa shape index (κ3) is 1.48. The summed E-state index contributed by atoms with van der Waals surface area (Å²) in [7, 11) is 0. The zero-order chi connectivity index (χ0) is 13.7. The van der Waals surface area contributed by atoms with Gasteiger partial charge < -0.3 is 10.1 Å². The molecule has 1 aromatic carbocycles. The first-order chi connectivity index (χ1) is 9.75. The third-order valence-corrected chi connectivity index (χ3v) is 5.60. The lowest BCUT2D eigenvalue weighted by atomic mass is 9.72. The van der Waals surface area contributed by atoms with Crippen LogP contribution in [0.2, 0.25) is 0 Å². The molecule has 20 heavy (non-hydrogen) atoms. The Hall–Kier alpha value is -1.32. The molecule has 2 aromatic rings. The van der Waals surface area contributed by atoms with Gasteiger partial charge in [0.1, 0.15) is 0 Å². The minimum atomic E-state index is -0.0282. The van der Waals surface area contributed by atoms with Gasteiger partial charge in [0.05, 0.1) is 5.54 Å². The van der Waals surface area contributed by atoms with Gasteiger partial charge in [0.15, 0.2) is 0 Å². The van der Waals surface area contributed by atoms with Crippen molar-refractivity contribution in [1.29, 1.82) is 0 Å². The average Bonchev–Trinajstić information content (AvgIpc) is 2.86. The van der Waals surface area contributed by atoms with Gasteiger partial charge in [-0.1, -0.05) is 18.2 Å². The summed E-state index contributed by atoms with van der Waals surface area (Å²) in [5.74, 6) is 0.336. The van der Waals surface area contributed by atoms with Crippen molar-refractivity contribution in [2.45, 2.75) is 31.7 Å². The molecule has 0 amide bonds. The van der Waals surface area contributed by atoms with E-state index >= 15 is 0 Å². The number of rotatable bonds is 1. The van der Waals surface area contributed by atoms with E-state index in [1.807, 2.05) is 0 Å². The number of piperidine rings is 1. The zero-order valence-corrected chi connectivity index (χ0v) is 12.0. The van der Waals surface area contributed by atoms with Gasteiger partial charge in [-0.25, -0.2) is 0 Å². The number of aliphatic hydroxyl groups is 1. The summed E-state index contributed by atoms with van der Waals surface area (Å²) in [4.78, 5) is 6.25. The monoisotopic (exact) mass is 270 g/mol. The Bertz CT molecular complexity index is 647. The molecule has 1 fully saturated rings. The van der Waals surface area contributed by atoms with Gasteiger partial charge in [-0.05, 0) is 44.4 Å². The van der Waals surface area contributed by atoms with E-state index in [1.54, 1.807) is 0 Å². The Balaban J connectivity index is 1.95. The molecular weight excluding hydrogens is 248 g/mol. The van der Waals surface area contributed by atoms with Crippen molar-refractivity contribution in [3.63, 3.8) is 0 Å². The molecular formula is C17H22N2O. The zero-order valence-electron chi connectivity index (χ0n) is 12.0. The lowest BCUT2D eigenvalue weighted by molar-refractivity contribution is -0.0303. The van der Waals surface area contributed by atoms with Crippen LogP contribution in [0.15, 0.2) is 24.3 Å². The number of aromatic amines is 1. The van der Waals surface area contributed by atoms with E-state index in [0.717, 1.165) is 25.9 Å². The quantitative estimate of drug-likeness (QED) is 0.836. The highest BCUT2D eigenvalue weighted by molar-refractivity contribution is 5.85. The van der Waals surface area contributed by atoms with Gasteiger partial charge >= 0.3 is 0 Å². The summed E-state index contributed by atoms with van der Waals surface area (Å²) in [6, 6.07) is 8.60. The number of hydrogen-bond donors (Lipinski definition) is 2. The normalized spacial score (nSPS) is 30.2. The van der Waals surface area contributed by atoms with Crippen LogP contribution in [0.25, 0.3) is 10.9 Å². The largest absolute Gasteiger partial charge is 0.396 e. The van der Waals surface area contributed by atoms with Crippen molar-refractivity contribution < 1.29 is 5.11 Å². The average molecular weight is 270 g/mol. The smallest absolute Gasteiger partial charge is 0.0636 e. The first kappa shape index (κ1) is 12.4. The van der Waals surface area contributed by atoms with Crippen LogP contribution >= 0.6 is 0 Å². The molecule has 0 spiro atoms. The standard InChI is InChI=1S/C17H22N2O/c1-17-12(11-20)5-4-9-19(17)10-8-14-13-6-2-3-7-15(13)18-16(14)17/h2-3,6-7,12,18,20H,4-5,8-11H2,1H3. The maximum Gasteiger partial charge on any atom is 0.0636 e. The fraction of sp³-hybridized carbons (Fsp3) is 0.529. The Kier molecular flexibility index (Phi) is 2.69. The topological polar surface area (TPSA) is 39.3 Å². The summed E-state index contributed by atoms with van der Waals surface area (Å²) in [5.41, 5.74) is 4.03. The fourth-order valence-electron chi connectivity index (χ4n) is 4.41. The van der Waals surface area contributed by atoms with Crippen LogP contribution < -0.4 is 0 Å². The van der Waals surface area contributed by atoms with E-state index in [0.29, 0.717) is 5.92 Å². The number of aliphatic hydroxyl groups excluding tert-OH is 1. The van der Waals surface area contributed by atoms with Gasteiger partial charge in [0, 0.05) is 35.7 Å². The minimum Gasteiger partial charge on any atom is -0.396 e. The highest BCUT2D eigenvalue weighted by Crippen LogP contribution is 2.46. The summed E-state index contributed by atoms with van der Waals surface area (Å²) in [6.07, 6.45) is 3.45. The second-order valence-corrected chi connectivity index (χ2v) is 6.43. The SMILES string of the molecule is CC12c3[nH]c4ccccc4c3CCN1CCCC2CO. The second kappa shape index (κ2) is 4.34. The lowest BCUT2D eigenvalue weighted by Crippen LogP contribution is -2.57. The molecule has 0 radical (unpaired) electrons. The predicted octanol–water partition coefficient (Wildman–Crippen LogP) is 2.64. The van der Waals surface area contributed by atoms with Crippen molar-refractivity contribution in [2.24, 2.45) is 5.92 Å². The molecule has 0 saturated carbocycles. The molecule has 2 N–H and O–H groups in total. The molecule has 3 heterocycles. The predicted molar refractivity (Wildman–Crippen MR) is 80.7 cm³/mol. The van der Waals surface area contributed by atoms with Crippen molar-refractivity contribution in [3.8, 4) is 0 Å². The van der Waals surface area contributed by atoms with Crippen LogP contribution in [0.5, 0.6) is 0 Å². The number of para-hydroxylation sites is 1. The van der Waals surface area contributed by atoms with Crippen molar-refractivity contribution >= 4 is 10.9 Å². The van der Waals surface area contributed by atoms with Gasteiger partial charge in [-0.15, -0.1) is 0 Å². The van der Waals surface area contributed by atoms with Crippen LogP contribution in [0, 0.1) is 5.92 Å². The lowest BCUT2D eigenvalue weighted by Gasteiger charge is -2.52. The number of hydrogen-bond acceptors (Lipinski definition) is 2. The maximum absolute atomic E-state index is 9.86.